The molecule has 1 fully saturated rings. The van der Waals surface area contributed by atoms with Crippen LogP contribution in [-0.2, 0) is 9.59 Å². The second kappa shape index (κ2) is 7.25. The first kappa shape index (κ1) is 17.3. The molecule has 27 heavy (non-hydrogen) atoms. The van der Waals surface area contributed by atoms with Crippen molar-refractivity contribution in [2.45, 2.75) is 18.9 Å². The molecule has 2 amide bonds. The first-order valence-corrected chi connectivity index (χ1v) is 8.90. The van der Waals surface area contributed by atoms with Crippen LogP contribution >= 0.6 is 11.6 Å². The Hall–Kier alpha value is -3.12. The van der Waals surface area contributed by atoms with E-state index in [0.717, 1.165) is 5.56 Å². The molecule has 1 aliphatic heterocycles. The first-order chi connectivity index (χ1) is 13.1. The number of hydrogen-bond acceptors (Lipinski definition) is 4. The Morgan fingerprint density at radius 2 is 1.89 bits per heavy atom. The van der Waals surface area contributed by atoms with Crippen LogP contribution < -0.4 is 10.2 Å². The number of nitrogens with zero attached hydrogens (tertiary/aromatic N) is 2. The summed E-state index contributed by atoms with van der Waals surface area (Å²) in [5.74, 6) is -0.137. The molecule has 0 radical (unpaired) electrons. The Morgan fingerprint density at radius 1 is 1.15 bits per heavy atom. The van der Waals surface area contributed by atoms with Gasteiger partial charge in [0.15, 0.2) is 0 Å². The maximum atomic E-state index is 12.7. The summed E-state index contributed by atoms with van der Waals surface area (Å²) in [5.41, 5.74) is 2.12. The van der Waals surface area contributed by atoms with Gasteiger partial charge in [-0.2, -0.15) is 0 Å². The van der Waals surface area contributed by atoms with Crippen LogP contribution in [0, 0.1) is 0 Å². The van der Waals surface area contributed by atoms with E-state index in [9.17, 15) is 9.59 Å². The fourth-order valence-corrected chi connectivity index (χ4v) is 3.27. The number of hydrogen-bond donors (Lipinski definition) is 1. The molecular formula is C20H16ClN3O3. The van der Waals surface area contributed by atoms with E-state index in [-0.39, 0.29) is 17.7 Å². The van der Waals surface area contributed by atoms with Crippen LogP contribution in [0.15, 0.2) is 65.2 Å². The van der Waals surface area contributed by atoms with Crippen molar-refractivity contribution >= 4 is 35.0 Å². The van der Waals surface area contributed by atoms with Gasteiger partial charge in [0.25, 0.3) is 0 Å². The van der Waals surface area contributed by atoms with Crippen molar-refractivity contribution in [1.82, 2.24) is 5.16 Å². The number of carbonyl (C=O) groups is 2. The highest BCUT2D eigenvalue weighted by molar-refractivity contribution is 6.30. The van der Waals surface area contributed by atoms with Gasteiger partial charge in [-0.3, -0.25) is 19.8 Å². The quantitative estimate of drug-likeness (QED) is 0.737. The average Bonchev–Trinajstić information content (AvgIpc) is 3.30. The minimum Gasteiger partial charge on any atom is -0.338 e. The number of rotatable bonds is 4. The van der Waals surface area contributed by atoms with Gasteiger partial charge < -0.3 is 4.52 Å². The second-order valence-corrected chi connectivity index (χ2v) is 6.66. The van der Waals surface area contributed by atoms with E-state index in [1.54, 1.807) is 18.2 Å². The summed E-state index contributed by atoms with van der Waals surface area (Å²) in [6.07, 6.45) is 0.789. The van der Waals surface area contributed by atoms with Crippen molar-refractivity contribution in [2.75, 3.05) is 10.2 Å². The zero-order valence-corrected chi connectivity index (χ0v) is 15.0. The van der Waals surface area contributed by atoms with Gasteiger partial charge >= 0.3 is 0 Å². The maximum absolute atomic E-state index is 12.7. The van der Waals surface area contributed by atoms with Gasteiger partial charge in [0, 0.05) is 28.8 Å². The van der Waals surface area contributed by atoms with E-state index in [4.69, 9.17) is 16.1 Å². The third kappa shape index (κ3) is 3.57. The molecule has 1 aliphatic rings. The monoisotopic (exact) mass is 381 g/mol. The van der Waals surface area contributed by atoms with E-state index in [2.05, 4.69) is 10.5 Å². The minimum absolute atomic E-state index is 0.0687. The Labute approximate surface area is 160 Å². The van der Waals surface area contributed by atoms with Gasteiger partial charge in [-0.15, -0.1) is 0 Å². The van der Waals surface area contributed by atoms with Crippen LogP contribution in [-0.4, -0.2) is 23.0 Å². The van der Waals surface area contributed by atoms with E-state index in [0.29, 0.717) is 29.2 Å². The van der Waals surface area contributed by atoms with Crippen molar-refractivity contribution in [3.8, 4) is 11.3 Å². The molecule has 1 atom stereocenters. The van der Waals surface area contributed by atoms with Gasteiger partial charge in [-0.25, -0.2) is 0 Å². The molecule has 1 unspecified atom stereocenters. The molecule has 2 heterocycles. The fraction of sp³-hybridized carbons (Fsp3) is 0.150. The fourth-order valence-electron chi connectivity index (χ4n) is 3.14. The largest absolute Gasteiger partial charge is 0.338 e. The van der Waals surface area contributed by atoms with Gasteiger partial charge in [-0.1, -0.05) is 47.1 Å². The lowest BCUT2D eigenvalue weighted by Crippen LogP contribution is -2.41. The number of anilines is 2. The number of halogens is 1. The molecule has 1 saturated heterocycles. The van der Waals surface area contributed by atoms with Crippen molar-refractivity contribution in [1.29, 1.82) is 0 Å². The molecule has 1 N–H and O–H groups in total. The number of nitrogens with one attached hydrogen (secondary N) is 1. The summed E-state index contributed by atoms with van der Waals surface area (Å²) in [7, 11) is 0. The maximum Gasteiger partial charge on any atom is 0.249 e. The van der Waals surface area contributed by atoms with E-state index < -0.39 is 6.04 Å². The summed E-state index contributed by atoms with van der Waals surface area (Å²) >= 11 is 5.89. The zero-order valence-electron chi connectivity index (χ0n) is 14.3. The lowest BCUT2D eigenvalue weighted by atomic mass is 10.1. The lowest BCUT2D eigenvalue weighted by molar-refractivity contribution is -0.120. The Bertz CT molecular complexity index is 970. The molecule has 6 nitrogen and oxygen atoms in total. The molecule has 2 aromatic carbocycles. The SMILES string of the molecule is O=C(Nc1cc(-c2ccc(Cl)cc2)no1)C1CCC(=O)N1c1ccccc1. The van der Waals surface area contributed by atoms with Crippen LogP contribution in [0.2, 0.25) is 5.02 Å². The van der Waals surface area contributed by atoms with Gasteiger partial charge in [0.05, 0.1) is 0 Å². The number of benzene rings is 2. The highest BCUT2D eigenvalue weighted by Crippen LogP contribution is 2.28. The average molecular weight is 382 g/mol. The van der Waals surface area contributed by atoms with Crippen molar-refractivity contribution < 1.29 is 14.1 Å². The Balaban J connectivity index is 1.50. The molecule has 1 aromatic heterocycles. The minimum atomic E-state index is -0.580. The van der Waals surface area contributed by atoms with Crippen LogP contribution in [0.4, 0.5) is 11.6 Å². The van der Waals surface area contributed by atoms with Crippen molar-refractivity contribution in [2.24, 2.45) is 0 Å². The summed E-state index contributed by atoms with van der Waals surface area (Å²) in [6.45, 7) is 0. The van der Waals surface area contributed by atoms with Crippen molar-refractivity contribution in [3.05, 3.63) is 65.7 Å². The Kier molecular flexibility index (Phi) is 4.64. The standard InChI is InChI=1S/C20H16ClN3O3/c21-14-8-6-13(7-9-14)16-12-18(27-23-16)22-20(26)17-10-11-19(25)24(17)15-4-2-1-3-5-15/h1-9,12,17H,10-11H2,(H,22,26). The summed E-state index contributed by atoms with van der Waals surface area (Å²) in [4.78, 5) is 26.5. The van der Waals surface area contributed by atoms with Gasteiger partial charge in [0.1, 0.15) is 11.7 Å². The summed E-state index contributed by atoms with van der Waals surface area (Å²) in [6, 6.07) is 17.4. The van der Waals surface area contributed by atoms with Crippen LogP contribution in [0.5, 0.6) is 0 Å². The number of para-hydroxylation sites is 1. The smallest absolute Gasteiger partial charge is 0.249 e. The highest BCUT2D eigenvalue weighted by atomic mass is 35.5. The lowest BCUT2D eigenvalue weighted by Gasteiger charge is -2.23. The molecule has 0 bridgehead atoms. The van der Waals surface area contributed by atoms with E-state index in [1.807, 2.05) is 42.5 Å². The molecule has 0 saturated carbocycles. The molecule has 4 rings (SSSR count). The van der Waals surface area contributed by atoms with Gasteiger partial charge in [0.2, 0.25) is 17.7 Å². The third-order valence-electron chi connectivity index (χ3n) is 4.45. The topological polar surface area (TPSA) is 75.4 Å². The molecule has 3 aromatic rings. The van der Waals surface area contributed by atoms with E-state index in [1.165, 1.54) is 4.90 Å². The number of amides is 2. The third-order valence-corrected chi connectivity index (χ3v) is 4.70. The molecule has 136 valence electrons. The first-order valence-electron chi connectivity index (χ1n) is 8.52. The molecule has 0 aliphatic carbocycles. The molecular weight excluding hydrogens is 366 g/mol. The molecule has 0 spiro atoms. The Morgan fingerprint density at radius 3 is 2.63 bits per heavy atom. The van der Waals surface area contributed by atoms with Crippen molar-refractivity contribution in [3.63, 3.8) is 0 Å². The van der Waals surface area contributed by atoms with Crippen LogP contribution in [0.25, 0.3) is 11.3 Å². The van der Waals surface area contributed by atoms with Gasteiger partial charge in [-0.05, 0) is 30.7 Å². The molecule has 7 heteroatoms. The van der Waals surface area contributed by atoms with E-state index >= 15 is 0 Å². The van der Waals surface area contributed by atoms with Crippen LogP contribution in [0.3, 0.4) is 0 Å². The summed E-state index contributed by atoms with van der Waals surface area (Å²) < 4.78 is 5.23. The second-order valence-electron chi connectivity index (χ2n) is 6.23. The number of carbonyl (C=O) groups excluding carboxylic acids is 2. The zero-order chi connectivity index (χ0) is 18.8. The highest BCUT2D eigenvalue weighted by Gasteiger charge is 2.37. The van der Waals surface area contributed by atoms with Crippen LogP contribution in [0.1, 0.15) is 12.8 Å². The number of aromatic nitrogens is 1. The normalized spacial score (nSPS) is 16.6. The predicted octanol–water partition coefficient (Wildman–Crippen LogP) is 4.13. The predicted molar refractivity (Wildman–Crippen MR) is 103 cm³/mol. The summed E-state index contributed by atoms with van der Waals surface area (Å²) in [5, 5.41) is 7.32.